The molecule has 8 heteroatoms. The minimum atomic E-state index is -1.41. The Labute approximate surface area is 245 Å². The minimum absolute atomic E-state index is 0.113. The molecule has 0 amide bonds. The summed E-state index contributed by atoms with van der Waals surface area (Å²) in [4.78, 5) is 0. The van der Waals surface area contributed by atoms with E-state index in [-0.39, 0.29) is 17.2 Å². The molecule has 3 saturated heterocycles. The third-order valence-corrected chi connectivity index (χ3v) is 13.7. The van der Waals surface area contributed by atoms with Crippen LogP contribution >= 0.6 is 0 Å². The van der Waals surface area contributed by atoms with Crippen molar-refractivity contribution in [1.29, 1.82) is 0 Å². The highest BCUT2D eigenvalue weighted by atomic mass is 16.7. The largest absolute Gasteiger partial charge is 0.394 e. The molecule has 0 bridgehead atoms. The average molecular weight is 576 g/mol. The molecular weight excluding hydrogens is 522 g/mol. The molecule has 16 atom stereocenters. The zero-order valence-corrected chi connectivity index (χ0v) is 25.4. The summed E-state index contributed by atoms with van der Waals surface area (Å²) in [6.45, 7) is 10.5. The van der Waals surface area contributed by atoms with Crippen LogP contribution in [0.4, 0.5) is 0 Å². The van der Waals surface area contributed by atoms with Crippen molar-refractivity contribution in [2.24, 2.45) is 46.3 Å². The molecule has 0 aromatic carbocycles. The second-order valence-electron chi connectivity index (χ2n) is 15.6. The Morgan fingerprint density at radius 2 is 1.80 bits per heavy atom. The Kier molecular flexibility index (Phi) is 7.27. The van der Waals surface area contributed by atoms with Gasteiger partial charge in [0.05, 0.1) is 18.8 Å². The predicted molar refractivity (Wildman–Crippen MR) is 152 cm³/mol. The summed E-state index contributed by atoms with van der Waals surface area (Å²) in [5, 5.41) is 44.3. The monoisotopic (exact) mass is 575 g/mol. The average Bonchev–Trinajstić information content (AvgIpc) is 3.40. The van der Waals surface area contributed by atoms with Crippen LogP contribution in [0.1, 0.15) is 85.5 Å². The van der Waals surface area contributed by atoms with E-state index >= 15 is 0 Å². The van der Waals surface area contributed by atoms with E-state index in [0.717, 1.165) is 44.6 Å². The van der Waals surface area contributed by atoms with E-state index in [9.17, 15) is 20.4 Å². The first kappa shape index (κ1) is 29.1. The van der Waals surface area contributed by atoms with Crippen molar-refractivity contribution >= 4 is 0 Å². The van der Waals surface area contributed by atoms with E-state index < -0.39 is 37.3 Å². The fourth-order valence-corrected chi connectivity index (χ4v) is 11.3. The number of fused-ring (bicyclic) bond motifs is 7. The number of hydrogen-bond acceptors (Lipinski definition) is 8. The third-order valence-electron chi connectivity index (χ3n) is 13.7. The van der Waals surface area contributed by atoms with Crippen LogP contribution in [0.3, 0.4) is 0 Å². The molecule has 7 aliphatic rings. The van der Waals surface area contributed by atoms with E-state index in [1.165, 1.54) is 31.3 Å². The first-order chi connectivity index (χ1) is 19.5. The maximum Gasteiger partial charge on any atom is 0.186 e. The summed E-state index contributed by atoms with van der Waals surface area (Å²) in [6.07, 6.45) is 6.64. The summed E-state index contributed by atoms with van der Waals surface area (Å²) in [7, 11) is 0. The van der Waals surface area contributed by atoms with Gasteiger partial charge >= 0.3 is 0 Å². The molecule has 0 radical (unpaired) electrons. The molecule has 0 aromatic rings. The Bertz CT molecular complexity index is 1030. The first-order valence-electron chi connectivity index (χ1n) is 16.6. The lowest BCUT2D eigenvalue weighted by molar-refractivity contribution is -0.313. The molecule has 1 spiro atoms. The second kappa shape index (κ2) is 10.2. The smallest absolute Gasteiger partial charge is 0.186 e. The molecule has 232 valence electrons. The molecule has 41 heavy (non-hydrogen) atoms. The molecule has 7 rings (SSSR count). The second-order valence-corrected chi connectivity index (χ2v) is 15.6. The summed E-state index contributed by atoms with van der Waals surface area (Å²) >= 11 is 0. The highest BCUT2D eigenvalue weighted by Crippen LogP contribution is 2.70. The van der Waals surface area contributed by atoms with Gasteiger partial charge in [0.1, 0.15) is 30.1 Å². The third kappa shape index (κ3) is 4.29. The maximum atomic E-state index is 10.5. The van der Waals surface area contributed by atoms with Crippen LogP contribution in [0.2, 0.25) is 0 Å². The van der Waals surface area contributed by atoms with Crippen LogP contribution in [-0.2, 0) is 14.2 Å². The Morgan fingerprint density at radius 1 is 1.00 bits per heavy atom. The van der Waals surface area contributed by atoms with E-state index in [2.05, 4.69) is 39.1 Å². The molecule has 3 heterocycles. The predicted octanol–water partition coefficient (Wildman–Crippen LogP) is 3.11. The number of ether oxygens (including phenoxy) is 3. The molecule has 0 aromatic heterocycles. The van der Waals surface area contributed by atoms with Crippen LogP contribution < -0.4 is 5.32 Å². The summed E-state index contributed by atoms with van der Waals surface area (Å²) in [5.41, 5.74) is 1.86. The zero-order chi connectivity index (χ0) is 28.9. The van der Waals surface area contributed by atoms with Gasteiger partial charge in [-0.1, -0.05) is 39.3 Å². The normalized spacial score (nSPS) is 58.3. The number of nitrogens with one attached hydrogen (secondary N) is 1. The number of hydrogen-bond donors (Lipinski definition) is 5. The highest BCUT2D eigenvalue weighted by Gasteiger charge is 2.68. The van der Waals surface area contributed by atoms with Gasteiger partial charge in [-0.15, -0.1) is 0 Å². The molecule has 5 N–H and O–H groups in total. The van der Waals surface area contributed by atoms with Gasteiger partial charge in [-0.3, -0.25) is 5.32 Å². The van der Waals surface area contributed by atoms with Gasteiger partial charge in [0.15, 0.2) is 6.29 Å². The summed E-state index contributed by atoms with van der Waals surface area (Å²) in [6, 6.07) is 0. The summed E-state index contributed by atoms with van der Waals surface area (Å²) in [5.74, 6) is 3.99. The van der Waals surface area contributed by atoms with Gasteiger partial charge < -0.3 is 34.6 Å². The zero-order valence-electron chi connectivity index (χ0n) is 25.4. The Balaban J connectivity index is 1.05. The van der Waals surface area contributed by atoms with Crippen LogP contribution in [0.25, 0.3) is 0 Å². The van der Waals surface area contributed by atoms with E-state index in [1.54, 1.807) is 0 Å². The van der Waals surface area contributed by atoms with E-state index in [4.69, 9.17) is 14.2 Å². The summed E-state index contributed by atoms with van der Waals surface area (Å²) < 4.78 is 18.9. The lowest BCUT2D eigenvalue weighted by atomic mass is 9.47. The van der Waals surface area contributed by atoms with Crippen LogP contribution in [-0.4, -0.2) is 82.2 Å². The molecule has 4 aliphatic carbocycles. The van der Waals surface area contributed by atoms with Crippen molar-refractivity contribution in [3.05, 3.63) is 11.6 Å². The molecule has 3 unspecified atom stereocenters. The molecular formula is C33H53NO7. The fourth-order valence-electron chi connectivity index (χ4n) is 11.3. The quantitative estimate of drug-likeness (QED) is 0.326. The van der Waals surface area contributed by atoms with Crippen molar-refractivity contribution in [3.8, 4) is 0 Å². The van der Waals surface area contributed by atoms with Gasteiger partial charge in [-0.05, 0) is 98.2 Å². The minimum Gasteiger partial charge on any atom is -0.394 e. The van der Waals surface area contributed by atoms with Crippen molar-refractivity contribution in [2.75, 3.05) is 13.2 Å². The lowest BCUT2D eigenvalue weighted by Gasteiger charge is -2.59. The van der Waals surface area contributed by atoms with Crippen molar-refractivity contribution < 1.29 is 34.6 Å². The van der Waals surface area contributed by atoms with Gasteiger partial charge in [0, 0.05) is 12.5 Å². The van der Waals surface area contributed by atoms with E-state index in [1.807, 2.05) is 0 Å². The maximum absolute atomic E-state index is 10.5. The molecule has 8 nitrogen and oxygen atoms in total. The van der Waals surface area contributed by atoms with Gasteiger partial charge in [0.25, 0.3) is 0 Å². The Hall–Kier alpha value is -0.580. The van der Waals surface area contributed by atoms with Crippen LogP contribution in [0.5, 0.6) is 0 Å². The van der Waals surface area contributed by atoms with Crippen molar-refractivity contribution in [2.45, 2.75) is 134 Å². The molecule has 6 fully saturated rings. The van der Waals surface area contributed by atoms with Gasteiger partial charge in [-0.25, -0.2) is 0 Å². The number of allylic oxidation sites excluding steroid dienone is 1. The SMILES string of the molecule is CC1CCC2(NC1)O[C@H]1C[C@H]3[C@@H]4CC=C5CC(O[C@@H]6O[C@H](CO)[C@@H](O)[C@H](O)[C@H]6O)CC[C@]5(C)[C@H]4CC[C@]3(C)[C@H]1[C@@H]2C. The Morgan fingerprint density at radius 3 is 2.54 bits per heavy atom. The fraction of sp³-hybridized carbons (Fsp3) is 0.939. The molecule has 3 aliphatic heterocycles. The van der Waals surface area contributed by atoms with Crippen LogP contribution in [0.15, 0.2) is 11.6 Å². The van der Waals surface area contributed by atoms with Crippen LogP contribution in [0, 0.1) is 46.3 Å². The standard InChI is InChI=1S/C33H53NO7/c1-17-7-12-33(34-15-17)18(2)26-24(41-33)14-23-21-6-5-19-13-20(8-10-31(19,3)22(21)9-11-32(23,26)4)39-30-29(38)28(37)27(36)25(16-35)40-30/h5,17-18,20-30,34-38H,6-16H2,1-4H3/t17?,18-,20?,21+,22-,23-,24-,25+,26-,27+,28-,29+,30+,31-,32-,33?/m0/s1. The van der Waals surface area contributed by atoms with Gasteiger partial charge in [-0.2, -0.15) is 0 Å². The molecule has 3 saturated carbocycles. The lowest BCUT2D eigenvalue weighted by Crippen LogP contribution is -2.60. The number of rotatable bonds is 3. The number of piperidine rings is 1. The topological polar surface area (TPSA) is 121 Å². The van der Waals surface area contributed by atoms with E-state index in [0.29, 0.717) is 41.1 Å². The van der Waals surface area contributed by atoms with Crippen molar-refractivity contribution in [3.63, 3.8) is 0 Å². The number of aliphatic hydroxyl groups excluding tert-OH is 4. The first-order valence-corrected chi connectivity index (χ1v) is 16.6. The van der Waals surface area contributed by atoms with Gasteiger partial charge in [0.2, 0.25) is 0 Å². The van der Waals surface area contributed by atoms with Crippen molar-refractivity contribution in [1.82, 2.24) is 5.32 Å². The number of aliphatic hydroxyl groups is 4. The highest BCUT2D eigenvalue weighted by molar-refractivity contribution is 5.26.